The van der Waals surface area contributed by atoms with E-state index >= 15 is 0 Å². The van der Waals surface area contributed by atoms with Crippen LogP contribution in [0.2, 0.25) is 0 Å². The Kier molecular flexibility index (Phi) is 9.02. The Morgan fingerprint density at radius 2 is 1.35 bits per heavy atom. The summed E-state index contributed by atoms with van der Waals surface area (Å²) in [5.74, 6) is 0. The lowest BCUT2D eigenvalue weighted by Gasteiger charge is -2.08. The van der Waals surface area contributed by atoms with Crippen molar-refractivity contribution in [3.8, 4) is 11.1 Å². The number of benzene rings is 2. The normalized spacial score (nSPS) is 8.70. The Morgan fingerprint density at radius 1 is 0.800 bits per heavy atom. The highest BCUT2D eigenvalue weighted by molar-refractivity contribution is 5.77. The lowest BCUT2D eigenvalue weighted by molar-refractivity contribution is 0.112. The predicted molar refractivity (Wildman–Crippen MR) is 89.4 cm³/mol. The Labute approximate surface area is 123 Å². The third-order valence-corrected chi connectivity index (χ3v) is 2.96. The molecule has 0 atom stereocenters. The standard InChI is InChI=1S/C15H14O.2C2H6/c1-11-4-3-5-15(12(11)2)14-8-6-13(10-16)7-9-14;2*1-2/h3-10H,1-2H3;2*1-2H3. The number of rotatable bonds is 2. The first-order valence-corrected chi connectivity index (χ1v) is 7.34. The molecule has 108 valence electrons. The van der Waals surface area contributed by atoms with Gasteiger partial charge >= 0.3 is 0 Å². The molecule has 0 unspecified atom stereocenters. The van der Waals surface area contributed by atoms with Crippen LogP contribution < -0.4 is 0 Å². The van der Waals surface area contributed by atoms with Gasteiger partial charge in [-0.05, 0) is 36.1 Å². The Balaban J connectivity index is 0.000000829. The topological polar surface area (TPSA) is 17.1 Å². The minimum absolute atomic E-state index is 0.717. The first-order chi connectivity index (χ1) is 9.72. The fourth-order valence-electron chi connectivity index (χ4n) is 1.81. The van der Waals surface area contributed by atoms with E-state index in [9.17, 15) is 4.79 Å². The molecule has 1 heteroatoms. The Hall–Kier alpha value is -1.89. The van der Waals surface area contributed by atoms with Crippen LogP contribution in [-0.4, -0.2) is 6.29 Å². The number of hydrogen-bond donors (Lipinski definition) is 0. The zero-order valence-electron chi connectivity index (χ0n) is 13.5. The summed E-state index contributed by atoms with van der Waals surface area (Å²) >= 11 is 0. The van der Waals surface area contributed by atoms with Crippen LogP contribution in [0.3, 0.4) is 0 Å². The SMILES string of the molecule is CC.CC.Cc1cccc(-c2ccc(C=O)cc2)c1C. The van der Waals surface area contributed by atoms with Crippen molar-refractivity contribution >= 4 is 6.29 Å². The molecule has 0 radical (unpaired) electrons. The fraction of sp³-hybridized carbons (Fsp3) is 0.316. The van der Waals surface area contributed by atoms with Crippen LogP contribution in [0.5, 0.6) is 0 Å². The van der Waals surface area contributed by atoms with Gasteiger partial charge in [-0.15, -0.1) is 0 Å². The average Bonchev–Trinajstić information content (AvgIpc) is 2.54. The molecule has 0 aliphatic heterocycles. The maximum absolute atomic E-state index is 10.6. The van der Waals surface area contributed by atoms with E-state index < -0.39 is 0 Å². The van der Waals surface area contributed by atoms with Crippen LogP contribution in [0.15, 0.2) is 42.5 Å². The average molecular weight is 270 g/mol. The summed E-state index contributed by atoms with van der Waals surface area (Å²) in [7, 11) is 0. The van der Waals surface area contributed by atoms with Crippen molar-refractivity contribution in [3.63, 3.8) is 0 Å². The molecule has 0 saturated carbocycles. The van der Waals surface area contributed by atoms with E-state index in [0.29, 0.717) is 5.56 Å². The third-order valence-electron chi connectivity index (χ3n) is 2.96. The first-order valence-electron chi connectivity index (χ1n) is 7.34. The van der Waals surface area contributed by atoms with Crippen LogP contribution in [0.1, 0.15) is 49.2 Å². The van der Waals surface area contributed by atoms with Gasteiger partial charge in [0.05, 0.1) is 0 Å². The summed E-state index contributed by atoms with van der Waals surface area (Å²) in [6, 6.07) is 14.0. The van der Waals surface area contributed by atoms with E-state index in [2.05, 4.69) is 32.0 Å². The van der Waals surface area contributed by atoms with Crippen molar-refractivity contribution in [2.24, 2.45) is 0 Å². The summed E-state index contributed by atoms with van der Waals surface area (Å²) in [6.45, 7) is 12.2. The van der Waals surface area contributed by atoms with E-state index in [1.165, 1.54) is 16.7 Å². The summed E-state index contributed by atoms with van der Waals surface area (Å²) in [6.07, 6.45) is 0.868. The van der Waals surface area contributed by atoms with Gasteiger partial charge in [-0.25, -0.2) is 0 Å². The van der Waals surface area contributed by atoms with Gasteiger partial charge in [0.25, 0.3) is 0 Å². The Morgan fingerprint density at radius 3 is 1.85 bits per heavy atom. The van der Waals surface area contributed by atoms with Gasteiger partial charge in [-0.2, -0.15) is 0 Å². The van der Waals surface area contributed by atoms with Gasteiger partial charge in [-0.3, -0.25) is 4.79 Å². The van der Waals surface area contributed by atoms with E-state index in [4.69, 9.17) is 0 Å². The summed E-state index contributed by atoms with van der Waals surface area (Å²) in [4.78, 5) is 10.6. The number of carbonyl (C=O) groups is 1. The minimum atomic E-state index is 0.717. The van der Waals surface area contributed by atoms with E-state index in [1.807, 2.05) is 52.0 Å². The van der Waals surface area contributed by atoms with Crippen molar-refractivity contribution in [1.82, 2.24) is 0 Å². The summed E-state index contributed by atoms with van der Waals surface area (Å²) < 4.78 is 0. The molecule has 0 amide bonds. The Bertz CT molecular complexity index is 510. The largest absolute Gasteiger partial charge is 0.298 e. The molecule has 2 aromatic rings. The predicted octanol–water partition coefficient (Wildman–Crippen LogP) is 5.84. The molecule has 0 spiro atoms. The number of aryl methyl sites for hydroxylation is 1. The van der Waals surface area contributed by atoms with Crippen molar-refractivity contribution in [1.29, 1.82) is 0 Å². The van der Waals surface area contributed by atoms with Crippen LogP contribution >= 0.6 is 0 Å². The van der Waals surface area contributed by atoms with Crippen molar-refractivity contribution < 1.29 is 4.79 Å². The van der Waals surface area contributed by atoms with Gasteiger partial charge in [0, 0.05) is 5.56 Å². The molecule has 0 N–H and O–H groups in total. The molecule has 1 nitrogen and oxygen atoms in total. The monoisotopic (exact) mass is 270 g/mol. The molecule has 2 rings (SSSR count). The van der Waals surface area contributed by atoms with E-state index in [1.54, 1.807) is 0 Å². The third kappa shape index (κ3) is 4.65. The van der Waals surface area contributed by atoms with Crippen LogP contribution in [0.4, 0.5) is 0 Å². The second kappa shape index (κ2) is 9.96. The molecule has 0 aliphatic carbocycles. The number of hydrogen-bond acceptors (Lipinski definition) is 1. The quantitative estimate of drug-likeness (QED) is 0.627. The highest BCUT2D eigenvalue weighted by Crippen LogP contribution is 2.25. The molecule has 0 aliphatic rings. The van der Waals surface area contributed by atoms with Crippen molar-refractivity contribution in [3.05, 3.63) is 59.2 Å². The van der Waals surface area contributed by atoms with Gasteiger partial charge in [0.2, 0.25) is 0 Å². The highest BCUT2D eigenvalue weighted by Gasteiger charge is 2.03. The maximum Gasteiger partial charge on any atom is 0.150 e. The zero-order chi connectivity index (χ0) is 15.5. The molecule has 0 fully saturated rings. The fourth-order valence-corrected chi connectivity index (χ4v) is 1.81. The van der Waals surface area contributed by atoms with Crippen LogP contribution in [0, 0.1) is 13.8 Å². The number of carbonyl (C=O) groups excluding carboxylic acids is 1. The van der Waals surface area contributed by atoms with Crippen LogP contribution in [-0.2, 0) is 0 Å². The second-order valence-electron chi connectivity index (χ2n) is 3.99. The van der Waals surface area contributed by atoms with Gasteiger partial charge in [0.15, 0.2) is 0 Å². The molecule has 0 heterocycles. The molecule has 20 heavy (non-hydrogen) atoms. The van der Waals surface area contributed by atoms with Gasteiger partial charge < -0.3 is 0 Å². The van der Waals surface area contributed by atoms with E-state index in [0.717, 1.165) is 11.8 Å². The smallest absolute Gasteiger partial charge is 0.150 e. The van der Waals surface area contributed by atoms with E-state index in [-0.39, 0.29) is 0 Å². The molecular weight excluding hydrogens is 244 g/mol. The van der Waals surface area contributed by atoms with Crippen LogP contribution in [0.25, 0.3) is 11.1 Å². The number of aldehydes is 1. The molecule has 2 aromatic carbocycles. The zero-order valence-corrected chi connectivity index (χ0v) is 13.5. The minimum Gasteiger partial charge on any atom is -0.298 e. The first kappa shape index (κ1) is 18.1. The van der Waals surface area contributed by atoms with Gasteiger partial charge in [0.1, 0.15) is 6.29 Å². The lowest BCUT2D eigenvalue weighted by Crippen LogP contribution is -1.87. The lowest BCUT2D eigenvalue weighted by atomic mass is 9.96. The second-order valence-corrected chi connectivity index (χ2v) is 3.99. The summed E-state index contributed by atoms with van der Waals surface area (Å²) in [5.41, 5.74) is 5.69. The van der Waals surface area contributed by atoms with Crippen molar-refractivity contribution in [2.75, 3.05) is 0 Å². The summed E-state index contributed by atoms with van der Waals surface area (Å²) in [5, 5.41) is 0. The van der Waals surface area contributed by atoms with Crippen molar-refractivity contribution in [2.45, 2.75) is 41.5 Å². The van der Waals surface area contributed by atoms with Gasteiger partial charge in [-0.1, -0.05) is 70.2 Å². The molecule has 0 saturated heterocycles. The molecule has 0 bridgehead atoms. The maximum atomic E-state index is 10.6. The molecular formula is C19H26O. The highest BCUT2D eigenvalue weighted by atomic mass is 16.1. The molecule has 0 aromatic heterocycles.